The van der Waals surface area contributed by atoms with Gasteiger partial charge in [0, 0.05) is 0 Å². The average Bonchev–Trinajstić information content (AvgIpc) is 2.62. The molecule has 0 saturated heterocycles. The molecular weight excluding hydrogens is 287 g/mol. The van der Waals surface area contributed by atoms with Crippen molar-refractivity contribution in [3.63, 3.8) is 0 Å². The van der Waals surface area contributed by atoms with E-state index in [-0.39, 0.29) is 46.3 Å². The summed E-state index contributed by atoms with van der Waals surface area (Å²) >= 11 is 4.87. The van der Waals surface area contributed by atoms with Gasteiger partial charge in [-0.2, -0.15) is 13.6 Å². The van der Waals surface area contributed by atoms with Gasteiger partial charge in [-0.1, -0.05) is 22.4 Å². The molecule has 1 aromatic heterocycles. The molecule has 0 bridgehead atoms. The maximum Gasteiger partial charge on any atom is 1.00 e. The number of nitrogens with one attached hydrogen (secondary N) is 1. The predicted molar refractivity (Wildman–Crippen MR) is 62.2 cm³/mol. The molecule has 0 atom stereocenters. The summed E-state index contributed by atoms with van der Waals surface area (Å²) in [6.07, 6.45) is 0. The van der Waals surface area contributed by atoms with E-state index in [2.05, 4.69) is 15.5 Å². The molecular formula is C8H9N4NaO3S2. The standard InChI is InChI=1S/C8H8N4O3S2.Na.H/c1-5-3-2-4-6(7(5)17(13,14)15)12-8(16)9-10-11-12;;/h2-4H,1H3,(H,9,11,16)(H,13,14,15);;/q;+1;-1. The largest absolute Gasteiger partial charge is 1.00 e. The van der Waals surface area contributed by atoms with E-state index in [0.717, 1.165) is 0 Å². The summed E-state index contributed by atoms with van der Waals surface area (Å²) in [5.74, 6) is 0. The maximum atomic E-state index is 11.3. The molecule has 10 heteroatoms. The Labute approximate surface area is 132 Å². The number of aromatic amines is 1. The van der Waals surface area contributed by atoms with Crippen LogP contribution in [-0.2, 0) is 10.1 Å². The molecule has 2 rings (SSSR count). The first kappa shape index (κ1) is 15.5. The van der Waals surface area contributed by atoms with Crippen LogP contribution in [0.3, 0.4) is 0 Å². The minimum Gasteiger partial charge on any atom is -1.00 e. The van der Waals surface area contributed by atoms with Gasteiger partial charge in [-0.3, -0.25) is 4.55 Å². The van der Waals surface area contributed by atoms with Crippen LogP contribution in [0.4, 0.5) is 0 Å². The Morgan fingerprint density at radius 1 is 1.50 bits per heavy atom. The summed E-state index contributed by atoms with van der Waals surface area (Å²) in [6.45, 7) is 1.57. The Bertz CT molecular complexity index is 728. The Balaban J connectivity index is 0.00000162. The molecule has 0 aliphatic heterocycles. The van der Waals surface area contributed by atoms with E-state index in [1.54, 1.807) is 19.1 Å². The van der Waals surface area contributed by atoms with Crippen molar-refractivity contribution >= 4 is 22.3 Å². The summed E-state index contributed by atoms with van der Waals surface area (Å²) in [7, 11) is -4.35. The number of tetrazole rings is 1. The normalized spacial score (nSPS) is 11.0. The summed E-state index contributed by atoms with van der Waals surface area (Å²) < 4.78 is 33.1. The summed E-state index contributed by atoms with van der Waals surface area (Å²) in [6, 6.07) is 4.70. The molecule has 1 heterocycles. The Kier molecular flexibility index (Phi) is 4.81. The van der Waals surface area contributed by atoms with Crippen LogP contribution in [0, 0.1) is 11.7 Å². The van der Waals surface area contributed by atoms with E-state index >= 15 is 0 Å². The molecule has 0 saturated carbocycles. The molecule has 0 unspecified atom stereocenters. The van der Waals surface area contributed by atoms with Gasteiger partial charge < -0.3 is 1.43 Å². The topological polar surface area (TPSA) is 101 Å². The first-order valence-electron chi connectivity index (χ1n) is 4.49. The number of benzene rings is 1. The van der Waals surface area contributed by atoms with Gasteiger partial charge in [-0.25, -0.2) is 4.68 Å². The maximum absolute atomic E-state index is 11.3. The molecule has 0 aliphatic rings. The fourth-order valence-corrected chi connectivity index (χ4v) is 2.58. The van der Waals surface area contributed by atoms with Crippen molar-refractivity contribution in [3.8, 4) is 5.69 Å². The van der Waals surface area contributed by atoms with Crippen molar-refractivity contribution in [2.45, 2.75) is 11.8 Å². The number of hydrogen-bond acceptors (Lipinski definition) is 5. The number of H-pyrrole nitrogens is 1. The van der Waals surface area contributed by atoms with Crippen molar-refractivity contribution in [1.82, 2.24) is 20.2 Å². The molecule has 18 heavy (non-hydrogen) atoms. The van der Waals surface area contributed by atoms with Crippen molar-refractivity contribution in [3.05, 3.63) is 28.5 Å². The van der Waals surface area contributed by atoms with Crippen LogP contribution in [0.25, 0.3) is 5.69 Å². The Morgan fingerprint density at radius 2 is 2.17 bits per heavy atom. The molecule has 2 N–H and O–H groups in total. The van der Waals surface area contributed by atoms with Crippen LogP contribution in [0.5, 0.6) is 0 Å². The van der Waals surface area contributed by atoms with Crippen molar-refractivity contribution < 1.29 is 44.0 Å². The van der Waals surface area contributed by atoms with E-state index in [1.807, 2.05) is 0 Å². The number of rotatable bonds is 2. The van der Waals surface area contributed by atoms with Gasteiger partial charge in [0.05, 0.1) is 5.69 Å². The van der Waals surface area contributed by atoms with E-state index in [9.17, 15) is 13.0 Å². The van der Waals surface area contributed by atoms with Gasteiger partial charge >= 0.3 is 29.6 Å². The van der Waals surface area contributed by atoms with E-state index in [0.29, 0.717) is 5.56 Å². The second-order valence-electron chi connectivity index (χ2n) is 3.32. The van der Waals surface area contributed by atoms with E-state index < -0.39 is 10.1 Å². The van der Waals surface area contributed by atoms with Crippen molar-refractivity contribution in [2.24, 2.45) is 0 Å². The van der Waals surface area contributed by atoms with Gasteiger partial charge in [-0.05, 0) is 30.8 Å². The second-order valence-corrected chi connectivity index (χ2v) is 5.04. The minimum absolute atomic E-state index is 0. The fraction of sp³-hybridized carbons (Fsp3) is 0.125. The smallest absolute Gasteiger partial charge is 1.00 e. The molecule has 0 aliphatic carbocycles. The first-order chi connectivity index (χ1) is 7.91. The molecule has 1 aromatic carbocycles. The third-order valence-corrected chi connectivity index (χ3v) is 3.47. The molecule has 0 spiro atoms. The average molecular weight is 296 g/mol. The molecule has 7 nitrogen and oxygen atoms in total. The molecule has 0 fully saturated rings. The van der Waals surface area contributed by atoms with Crippen LogP contribution in [0.2, 0.25) is 0 Å². The first-order valence-corrected chi connectivity index (χ1v) is 6.33. The molecule has 0 radical (unpaired) electrons. The zero-order valence-electron chi connectivity index (χ0n) is 10.7. The van der Waals surface area contributed by atoms with E-state index in [1.165, 1.54) is 10.7 Å². The number of aromatic nitrogens is 4. The molecule has 2 aromatic rings. The van der Waals surface area contributed by atoms with Crippen LogP contribution in [0.1, 0.15) is 6.99 Å². The molecule has 92 valence electrons. The Hall–Kier alpha value is -0.580. The van der Waals surface area contributed by atoms with E-state index in [4.69, 9.17) is 12.2 Å². The number of hydrogen-bond donors (Lipinski definition) is 2. The minimum atomic E-state index is -4.35. The third kappa shape index (κ3) is 2.87. The number of nitrogens with zero attached hydrogens (tertiary/aromatic N) is 3. The number of aryl methyl sites for hydroxylation is 1. The van der Waals surface area contributed by atoms with Crippen molar-refractivity contribution in [2.75, 3.05) is 0 Å². The summed E-state index contributed by atoms with van der Waals surface area (Å²) in [4.78, 5) is -0.220. The zero-order chi connectivity index (χ0) is 12.6. The van der Waals surface area contributed by atoms with Gasteiger partial charge in [0.15, 0.2) is 0 Å². The van der Waals surface area contributed by atoms with Crippen LogP contribution < -0.4 is 29.6 Å². The predicted octanol–water partition coefficient (Wildman–Crippen LogP) is -2.00. The van der Waals surface area contributed by atoms with Crippen LogP contribution in [0.15, 0.2) is 23.1 Å². The van der Waals surface area contributed by atoms with Gasteiger partial charge in [0.25, 0.3) is 10.1 Å². The zero-order valence-corrected chi connectivity index (χ0v) is 13.3. The monoisotopic (exact) mass is 296 g/mol. The van der Waals surface area contributed by atoms with Crippen LogP contribution >= 0.6 is 12.2 Å². The van der Waals surface area contributed by atoms with Crippen molar-refractivity contribution in [1.29, 1.82) is 0 Å². The van der Waals surface area contributed by atoms with Gasteiger partial charge in [-0.15, -0.1) is 0 Å². The summed E-state index contributed by atoms with van der Waals surface area (Å²) in [5, 5.41) is 9.44. The van der Waals surface area contributed by atoms with Crippen LogP contribution in [-0.4, -0.2) is 33.2 Å². The Morgan fingerprint density at radius 3 is 2.67 bits per heavy atom. The second kappa shape index (κ2) is 5.59. The fourth-order valence-electron chi connectivity index (χ4n) is 1.50. The summed E-state index contributed by atoms with van der Waals surface area (Å²) in [5.41, 5.74) is 0.587. The van der Waals surface area contributed by atoms with Gasteiger partial charge in [0.1, 0.15) is 4.90 Å². The molecule has 0 amide bonds. The third-order valence-electron chi connectivity index (χ3n) is 2.16. The quantitative estimate of drug-likeness (QED) is 0.377. The van der Waals surface area contributed by atoms with Gasteiger partial charge in [0.2, 0.25) is 4.77 Å². The SMILES string of the molecule is Cc1cccc(-n2[nH]nnc2=S)c1S(=O)(=O)O.[H-].[Na+].